The molecule has 0 radical (unpaired) electrons. The number of rotatable bonds is 7. The Bertz CT molecular complexity index is 712. The van der Waals surface area contributed by atoms with Gasteiger partial charge < -0.3 is 13.7 Å². The summed E-state index contributed by atoms with van der Waals surface area (Å²) in [7, 11) is 2.03. The van der Waals surface area contributed by atoms with E-state index in [-0.39, 0.29) is 11.8 Å². The molecule has 5 heteroatoms. The van der Waals surface area contributed by atoms with Crippen molar-refractivity contribution < 1.29 is 13.9 Å². The number of likely N-dealkylation sites (N-methyl/N-ethyl adjacent to an activating group) is 1. The second kappa shape index (κ2) is 7.58. The SMILES string of the molecule is Cc1cc(C(=O)[C@H](C)N(C)C[C@H]2CCOC2)c(C)n1Cc1ccco1. The lowest BCUT2D eigenvalue weighted by Gasteiger charge is -2.26. The Kier molecular flexibility index (Phi) is 5.45. The van der Waals surface area contributed by atoms with E-state index in [9.17, 15) is 4.79 Å². The van der Waals surface area contributed by atoms with Gasteiger partial charge in [0, 0.05) is 30.1 Å². The summed E-state index contributed by atoms with van der Waals surface area (Å²) in [6.45, 7) is 9.26. The normalized spacial score (nSPS) is 18.8. The summed E-state index contributed by atoms with van der Waals surface area (Å²) in [5.41, 5.74) is 2.89. The van der Waals surface area contributed by atoms with Crippen molar-refractivity contribution in [3.05, 3.63) is 47.2 Å². The zero-order valence-corrected chi connectivity index (χ0v) is 15.6. The molecule has 0 bridgehead atoms. The highest BCUT2D eigenvalue weighted by Gasteiger charge is 2.26. The molecule has 1 fully saturated rings. The fraction of sp³-hybridized carbons (Fsp3) is 0.550. The van der Waals surface area contributed by atoms with Crippen molar-refractivity contribution >= 4 is 5.78 Å². The van der Waals surface area contributed by atoms with Crippen LogP contribution in [-0.4, -0.2) is 48.1 Å². The number of furan rings is 1. The fourth-order valence-electron chi connectivity index (χ4n) is 3.57. The molecule has 0 amide bonds. The van der Waals surface area contributed by atoms with Gasteiger partial charge in [-0.3, -0.25) is 9.69 Å². The average molecular weight is 344 g/mol. The van der Waals surface area contributed by atoms with Gasteiger partial charge in [-0.1, -0.05) is 0 Å². The lowest BCUT2D eigenvalue weighted by Crippen LogP contribution is -2.39. The molecule has 0 aromatic carbocycles. The van der Waals surface area contributed by atoms with Gasteiger partial charge in [0.25, 0.3) is 0 Å². The van der Waals surface area contributed by atoms with Crippen LogP contribution in [0.4, 0.5) is 0 Å². The van der Waals surface area contributed by atoms with Gasteiger partial charge in [-0.15, -0.1) is 0 Å². The van der Waals surface area contributed by atoms with E-state index in [1.807, 2.05) is 46.0 Å². The minimum atomic E-state index is -0.141. The van der Waals surface area contributed by atoms with E-state index in [4.69, 9.17) is 9.15 Å². The predicted octanol–water partition coefficient (Wildman–Crippen LogP) is 3.29. The van der Waals surface area contributed by atoms with Crippen LogP contribution in [0.25, 0.3) is 0 Å². The molecule has 1 aliphatic heterocycles. The number of carbonyl (C=O) groups excluding carboxylic acids is 1. The zero-order chi connectivity index (χ0) is 18.0. The summed E-state index contributed by atoms with van der Waals surface area (Å²) in [6, 6.07) is 5.71. The van der Waals surface area contributed by atoms with E-state index in [1.54, 1.807) is 6.26 Å². The maximum absolute atomic E-state index is 13.0. The fourth-order valence-corrected chi connectivity index (χ4v) is 3.57. The van der Waals surface area contributed by atoms with Crippen LogP contribution in [0.1, 0.15) is 40.9 Å². The number of carbonyl (C=O) groups is 1. The highest BCUT2D eigenvalue weighted by atomic mass is 16.5. The predicted molar refractivity (Wildman–Crippen MR) is 97.1 cm³/mol. The molecule has 5 nitrogen and oxygen atoms in total. The quantitative estimate of drug-likeness (QED) is 0.723. The molecule has 0 spiro atoms. The number of Topliss-reactive ketones (excluding diaryl/α,β-unsaturated/α-hetero) is 1. The molecule has 0 unspecified atom stereocenters. The molecule has 1 aliphatic rings. The maximum atomic E-state index is 13.0. The van der Waals surface area contributed by atoms with Crippen LogP contribution in [0.2, 0.25) is 0 Å². The number of hydrogen-bond acceptors (Lipinski definition) is 4. The summed E-state index contributed by atoms with van der Waals surface area (Å²) in [5, 5.41) is 0. The van der Waals surface area contributed by atoms with E-state index in [1.165, 1.54) is 0 Å². The molecule has 1 saturated heterocycles. The monoisotopic (exact) mass is 344 g/mol. The second-order valence-corrected chi connectivity index (χ2v) is 7.16. The maximum Gasteiger partial charge on any atom is 0.181 e. The van der Waals surface area contributed by atoms with Crippen molar-refractivity contribution in [1.82, 2.24) is 9.47 Å². The van der Waals surface area contributed by atoms with Gasteiger partial charge in [0.15, 0.2) is 5.78 Å². The Labute approximate surface area is 149 Å². The third kappa shape index (κ3) is 3.88. The Balaban J connectivity index is 1.72. The molecule has 2 aromatic rings. The third-order valence-corrected chi connectivity index (χ3v) is 5.34. The van der Waals surface area contributed by atoms with Crippen LogP contribution in [0.3, 0.4) is 0 Å². The number of ether oxygens (including phenoxy) is 1. The first-order chi connectivity index (χ1) is 12.0. The Morgan fingerprint density at radius 3 is 2.88 bits per heavy atom. The van der Waals surface area contributed by atoms with Gasteiger partial charge in [-0.2, -0.15) is 0 Å². The van der Waals surface area contributed by atoms with E-state index in [2.05, 4.69) is 9.47 Å². The van der Waals surface area contributed by atoms with E-state index < -0.39 is 0 Å². The van der Waals surface area contributed by atoms with Crippen molar-refractivity contribution in [3.63, 3.8) is 0 Å². The smallest absolute Gasteiger partial charge is 0.181 e. The average Bonchev–Trinajstić information content (AvgIpc) is 3.33. The van der Waals surface area contributed by atoms with Crippen LogP contribution in [0, 0.1) is 19.8 Å². The minimum absolute atomic E-state index is 0.141. The molecule has 0 aliphatic carbocycles. The molecular weight excluding hydrogens is 316 g/mol. The van der Waals surface area contributed by atoms with E-state index >= 15 is 0 Å². The zero-order valence-electron chi connectivity index (χ0n) is 15.6. The van der Waals surface area contributed by atoms with Crippen LogP contribution >= 0.6 is 0 Å². The molecule has 3 rings (SSSR count). The minimum Gasteiger partial charge on any atom is -0.467 e. The van der Waals surface area contributed by atoms with Crippen LogP contribution in [-0.2, 0) is 11.3 Å². The number of aryl methyl sites for hydroxylation is 1. The summed E-state index contributed by atoms with van der Waals surface area (Å²) in [4.78, 5) is 15.2. The molecule has 0 saturated carbocycles. The van der Waals surface area contributed by atoms with E-state index in [0.717, 1.165) is 48.9 Å². The van der Waals surface area contributed by atoms with Gasteiger partial charge in [0.05, 0.1) is 25.5 Å². The Morgan fingerprint density at radius 1 is 1.44 bits per heavy atom. The van der Waals surface area contributed by atoms with Crippen molar-refractivity contribution in [1.29, 1.82) is 0 Å². The first-order valence-corrected chi connectivity index (χ1v) is 8.98. The third-order valence-electron chi connectivity index (χ3n) is 5.34. The van der Waals surface area contributed by atoms with E-state index in [0.29, 0.717) is 12.5 Å². The van der Waals surface area contributed by atoms with Gasteiger partial charge in [0.1, 0.15) is 5.76 Å². The van der Waals surface area contributed by atoms with Gasteiger partial charge in [-0.05, 0) is 58.4 Å². The summed E-state index contributed by atoms with van der Waals surface area (Å²) in [6.07, 6.45) is 2.77. The number of ketones is 1. The molecule has 25 heavy (non-hydrogen) atoms. The van der Waals surface area contributed by atoms with Crippen molar-refractivity contribution in [2.24, 2.45) is 5.92 Å². The van der Waals surface area contributed by atoms with Gasteiger partial charge in [-0.25, -0.2) is 0 Å². The van der Waals surface area contributed by atoms with Crippen LogP contribution < -0.4 is 0 Å². The van der Waals surface area contributed by atoms with Crippen molar-refractivity contribution in [2.45, 2.75) is 39.8 Å². The van der Waals surface area contributed by atoms with Crippen LogP contribution in [0.5, 0.6) is 0 Å². The number of aromatic nitrogens is 1. The summed E-state index contributed by atoms with van der Waals surface area (Å²) < 4.78 is 13.0. The molecule has 0 N–H and O–H groups in total. The number of nitrogens with zero attached hydrogens (tertiary/aromatic N) is 2. The standard InChI is InChI=1S/C20H28N2O3/c1-14-10-19(15(2)22(14)12-18-6-5-8-25-18)20(23)16(3)21(4)11-17-7-9-24-13-17/h5-6,8,10,16-17H,7,9,11-13H2,1-4H3/t16-,17+/m0/s1. The van der Waals surface area contributed by atoms with Crippen molar-refractivity contribution in [3.8, 4) is 0 Å². The van der Waals surface area contributed by atoms with Gasteiger partial charge in [0.2, 0.25) is 0 Å². The van der Waals surface area contributed by atoms with Gasteiger partial charge >= 0.3 is 0 Å². The second-order valence-electron chi connectivity index (χ2n) is 7.16. The molecule has 136 valence electrons. The first kappa shape index (κ1) is 18.0. The Hall–Kier alpha value is -1.85. The lowest BCUT2D eigenvalue weighted by molar-refractivity contribution is 0.0844. The molecule has 3 heterocycles. The molecule has 2 aromatic heterocycles. The summed E-state index contributed by atoms with van der Waals surface area (Å²) in [5.74, 6) is 1.61. The topological polar surface area (TPSA) is 47.6 Å². The first-order valence-electron chi connectivity index (χ1n) is 8.98. The molecule has 2 atom stereocenters. The largest absolute Gasteiger partial charge is 0.467 e. The van der Waals surface area contributed by atoms with Crippen LogP contribution in [0.15, 0.2) is 28.9 Å². The molecular formula is C20H28N2O3. The Morgan fingerprint density at radius 2 is 2.24 bits per heavy atom. The highest BCUT2D eigenvalue weighted by molar-refractivity contribution is 6.01. The lowest BCUT2D eigenvalue weighted by atomic mass is 10.0. The van der Waals surface area contributed by atoms with Crippen molar-refractivity contribution in [2.75, 3.05) is 26.8 Å². The number of hydrogen-bond donors (Lipinski definition) is 0. The summed E-state index contributed by atoms with van der Waals surface area (Å²) >= 11 is 0. The highest BCUT2D eigenvalue weighted by Crippen LogP contribution is 2.21.